The summed E-state index contributed by atoms with van der Waals surface area (Å²) in [6.45, 7) is 2.79. The molecule has 1 fully saturated rings. The van der Waals surface area contributed by atoms with Crippen LogP contribution in [0.3, 0.4) is 0 Å². The van der Waals surface area contributed by atoms with Crippen molar-refractivity contribution in [1.82, 2.24) is 10.6 Å². The molecule has 1 aliphatic rings. The smallest absolute Gasteiger partial charge is 0.314 e. The van der Waals surface area contributed by atoms with Crippen LogP contribution in [0.2, 0.25) is 0 Å². The summed E-state index contributed by atoms with van der Waals surface area (Å²) in [5.74, 6) is -0.245. The van der Waals surface area contributed by atoms with Crippen molar-refractivity contribution in [3.8, 4) is 0 Å². The lowest BCUT2D eigenvalue weighted by Crippen LogP contribution is -2.42. The zero-order valence-electron chi connectivity index (χ0n) is 12.4. The molecule has 1 atom stereocenters. The molecule has 0 spiro atoms. The van der Waals surface area contributed by atoms with Crippen LogP contribution in [0, 0.1) is 5.82 Å². The molecule has 3 N–H and O–H groups in total. The number of aliphatic hydroxyl groups excluding tert-OH is 1. The molecular formula is C16H23FN2O2. The van der Waals surface area contributed by atoms with Gasteiger partial charge in [0.05, 0.1) is 6.10 Å². The Labute approximate surface area is 124 Å². The molecule has 1 aromatic rings. The van der Waals surface area contributed by atoms with Gasteiger partial charge in [0.2, 0.25) is 0 Å². The molecule has 0 bridgehead atoms. The zero-order valence-corrected chi connectivity index (χ0v) is 12.4. The second-order valence-corrected chi connectivity index (χ2v) is 5.79. The van der Waals surface area contributed by atoms with Gasteiger partial charge >= 0.3 is 6.03 Å². The van der Waals surface area contributed by atoms with Crippen LogP contribution in [-0.4, -0.2) is 30.3 Å². The molecule has 0 aliphatic heterocycles. The first kappa shape index (κ1) is 15.8. The minimum atomic E-state index is -0.493. The Morgan fingerprint density at radius 2 is 2.00 bits per heavy atom. The van der Waals surface area contributed by atoms with E-state index in [1.54, 1.807) is 12.1 Å². The fourth-order valence-electron chi connectivity index (χ4n) is 2.48. The number of aliphatic hydroxyl groups is 1. The van der Waals surface area contributed by atoms with Crippen molar-refractivity contribution < 1.29 is 14.3 Å². The number of halogens is 1. The average molecular weight is 294 g/mol. The van der Waals surface area contributed by atoms with Crippen LogP contribution in [0.4, 0.5) is 9.18 Å². The zero-order chi connectivity index (χ0) is 15.3. The Bertz CT molecular complexity index is 472. The second-order valence-electron chi connectivity index (χ2n) is 5.79. The highest BCUT2D eigenvalue weighted by molar-refractivity contribution is 5.74. The fourth-order valence-corrected chi connectivity index (χ4v) is 2.48. The van der Waals surface area contributed by atoms with Crippen LogP contribution in [0.5, 0.6) is 0 Å². The molecule has 0 saturated heterocycles. The first-order valence-electron chi connectivity index (χ1n) is 7.51. The third-order valence-electron chi connectivity index (χ3n) is 4.02. The Balaban J connectivity index is 1.77. The van der Waals surface area contributed by atoms with Gasteiger partial charge in [-0.25, -0.2) is 9.18 Å². The van der Waals surface area contributed by atoms with E-state index < -0.39 is 6.10 Å². The number of benzene rings is 1. The minimum absolute atomic E-state index is 0.0485. The van der Waals surface area contributed by atoms with Crippen molar-refractivity contribution in [1.29, 1.82) is 0 Å². The van der Waals surface area contributed by atoms with Gasteiger partial charge in [-0.05, 0) is 37.0 Å². The lowest BCUT2D eigenvalue weighted by molar-refractivity contribution is 0.160. The summed E-state index contributed by atoms with van der Waals surface area (Å²) in [5.41, 5.74) is 1.02. The summed E-state index contributed by atoms with van der Waals surface area (Å²) in [5, 5.41) is 15.1. The van der Waals surface area contributed by atoms with E-state index in [1.165, 1.54) is 12.1 Å². The number of carbonyl (C=O) groups excluding carboxylic acids is 1. The topological polar surface area (TPSA) is 61.4 Å². The Morgan fingerprint density at radius 1 is 1.33 bits per heavy atom. The fraction of sp³-hybridized carbons (Fsp3) is 0.562. The van der Waals surface area contributed by atoms with Crippen LogP contribution in [0.1, 0.15) is 38.2 Å². The maximum Gasteiger partial charge on any atom is 0.314 e. The van der Waals surface area contributed by atoms with Crippen molar-refractivity contribution in [2.24, 2.45) is 0 Å². The Hall–Kier alpha value is -1.62. The standard InChI is InChI=1S/C16H23FN2O2/c1-2-3-14(20)10-18-15(21)19-11-16(8-9-16)12-4-6-13(17)7-5-12/h4-7,14,20H,2-3,8-11H2,1H3,(H2,18,19,21). The van der Waals surface area contributed by atoms with Gasteiger partial charge in [0.15, 0.2) is 0 Å². The molecule has 1 aromatic carbocycles. The molecule has 2 rings (SSSR count). The van der Waals surface area contributed by atoms with Crippen molar-refractivity contribution in [3.63, 3.8) is 0 Å². The molecule has 4 nitrogen and oxygen atoms in total. The number of nitrogens with one attached hydrogen (secondary N) is 2. The first-order valence-corrected chi connectivity index (χ1v) is 7.51. The van der Waals surface area contributed by atoms with Gasteiger partial charge < -0.3 is 15.7 Å². The number of rotatable bonds is 7. The number of amides is 2. The van der Waals surface area contributed by atoms with Gasteiger partial charge in [-0.2, -0.15) is 0 Å². The summed E-state index contributed by atoms with van der Waals surface area (Å²) in [6, 6.07) is 6.21. The molecule has 1 saturated carbocycles. The van der Waals surface area contributed by atoms with Crippen molar-refractivity contribution in [2.45, 2.75) is 44.1 Å². The van der Waals surface area contributed by atoms with Crippen molar-refractivity contribution >= 4 is 6.03 Å². The highest BCUT2D eigenvalue weighted by Gasteiger charge is 2.44. The van der Waals surface area contributed by atoms with Gasteiger partial charge in [-0.15, -0.1) is 0 Å². The van der Waals surface area contributed by atoms with Crippen LogP contribution < -0.4 is 10.6 Å². The molecular weight excluding hydrogens is 271 g/mol. The molecule has 1 unspecified atom stereocenters. The predicted octanol–water partition coefficient (Wildman–Crippen LogP) is 2.32. The summed E-state index contributed by atoms with van der Waals surface area (Å²) >= 11 is 0. The molecule has 5 heteroatoms. The highest BCUT2D eigenvalue weighted by Crippen LogP contribution is 2.47. The minimum Gasteiger partial charge on any atom is -0.391 e. The van der Waals surface area contributed by atoms with Gasteiger partial charge in [0.25, 0.3) is 0 Å². The largest absolute Gasteiger partial charge is 0.391 e. The van der Waals surface area contributed by atoms with Gasteiger partial charge in [-0.1, -0.05) is 25.5 Å². The van der Waals surface area contributed by atoms with E-state index in [4.69, 9.17) is 0 Å². The average Bonchev–Trinajstić information content (AvgIpc) is 3.25. The van der Waals surface area contributed by atoms with Crippen LogP contribution in [0.25, 0.3) is 0 Å². The summed E-state index contributed by atoms with van der Waals surface area (Å²) < 4.78 is 12.9. The predicted molar refractivity (Wildman–Crippen MR) is 79.6 cm³/mol. The highest BCUT2D eigenvalue weighted by atomic mass is 19.1. The lowest BCUT2D eigenvalue weighted by atomic mass is 9.96. The molecule has 1 aliphatic carbocycles. The number of hydrogen-bond donors (Lipinski definition) is 3. The van der Waals surface area contributed by atoms with E-state index in [1.807, 2.05) is 6.92 Å². The van der Waals surface area contributed by atoms with E-state index in [2.05, 4.69) is 10.6 Å². The summed E-state index contributed by atoms with van der Waals surface area (Å²) in [7, 11) is 0. The van der Waals surface area contributed by atoms with Crippen LogP contribution in [-0.2, 0) is 5.41 Å². The van der Waals surface area contributed by atoms with Crippen LogP contribution in [0.15, 0.2) is 24.3 Å². The molecule has 21 heavy (non-hydrogen) atoms. The maximum atomic E-state index is 12.9. The van der Waals surface area contributed by atoms with E-state index >= 15 is 0 Å². The quantitative estimate of drug-likeness (QED) is 0.722. The van der Waals surface area contributed by atoms with E-state index in [9.17, 15) is 14.3 Å². The lowest BCUT2D eigenvalue weighted by Gasteiger charge is -2.17. The third kappa shape index (κ3) is 4.43. The number of hydrogen-bond acceptors (Lipinski definition) is 2. The second kappa shape index (κ2) is 6.89. The number of carbonyl (C=O) groups is 1. The van der Waals surface area contributed by atoms with E-state index in [0.29, 0.717) is 13.0 Å². The monoisotopic (exact) mass is 294 g/mol. The van der Waals surface area contributed by atoms with Crippen molar-refractivity contribution in [2.75, 3.05) is 13.1 Å². The van der Waals surface area contributed by atoms with Crippen LogP contribution >= 0.6 is 0 Å². The Morgan fingerprint density at radius 3 is 2.57 bits per heavy atom. The van der Waals surface area contributed by atoms with E-state index in [0.717, 1.165) is 24.8 Å². The molecule has 2 amide bonds. The van der Waals surface area contributed by atoms with E-state index in [-0.39, 0.29) is 23.8 Å². The van der Waals surface area contributed by atoms with Gasteiger partial charge in [-0.3, -0.25) is 0 Å². The van der Waals surface area contributed by atoms with Gasteiger partial charge in [0, 0.05) is 18.5 Å². The van der Waals surface area contributed by atoms with Crippen molar-refractivity contribution in [3.05, 3.63) is 35.6 Å². The number of urea groups is 1. The first-order chi connectivity index (χ1) is 10.1. The molecule has 0 radical (unpaired) electrons. The molecule has 0 heterocycles. The summed E-state index contributed by atoms with van der Waals surface area (Å²) in [4.78, 5) is 11.7. The maximum absolute atomic E-state index is 12.9. The Kier molecular flexibility index (Phi) is 5.17. The summed E-state index contributed by atoms with van der Waals surface area (Å²) in [6.07, 6.45) is 3.07. The molecule has 0 aromatic heterocycles. The SMILES string of the molecule is CCCC(O)CNC(=O)NCC1(c2ccc(F)cc2)CC1. The third-order valence-corrected chi connectivity index (χ3v) is 4.02. The normalized spacial score (nSPS) is 17.1. The van der Waals surface area contributed by atoms with Gasteiger partial charge in [0.1, 0.15) is 5.82 Å². The molecule has 116 valence electrons.